The lowest BCUT2D eigenvalue weighted by atomic mass is 10.2. The number of aromatic nitrogens is 3. The number of halogens is 1. The summed E-state index contributed by atoms with van der Waals surface area (Å²) in [4.78, 5) is 18.9. The standard InChI is InChI=1S/C19H17BrN4O2/c20-15-5-6-18(21-12-15)26-17-7-10-23(13-17)19(25)14-3-1-4-16(11-14)24-9-2-8-22-24/h1-6,8-9,11-12,17H,7,10,13H2. The lowest BCUT2D eigenvalue weighted by molar-refractivity contribution is 0.0771. The van der Waals surface area contributed by atoms with Crippen molar-refractivity contribution in [3.63, 3.8) is 0 Å². The molecule has 1 fully saturated rings. The van der Waals surface area contributed by atoms with Crippen LogP contribution in [0.3, 0.4) is 0 Å². The number of likely N-dealkylation sites (tertiary alicyclic amines) is 1. The lowest BCUT2D eigenvalue weighted by Gasteiger charge is -2.17. The number of pyridine rings is 1. The zero-order chi connectivity index (χ0) is 17.9. The first-order valence-electron chi connectivity index (χ1n) is 8.36. The number of hydrogen-bond donors (Lipinski definition) is 0. The normalized spacial score (nSPS) is 16.7. The molecule has 1 saturated heterocycles. The average molecular weight is 413 g/mol. The molecule has 1 unspecified atom stereocenters. The summed E-state index contributed by atoms with van der Waals surface area (Å²) in [5, 5.41) is 4.21. The van der Waals surface area contributed by atoms with E-state index in [0.717, 1.165) is 16.6 Å². The van der Waals surface area contributed by atoms with Crippen LogP contribution in [-0.2, 0) is 0 Å². The van der Waals surface area contributed by atoms with Gasteiger partial charge in [0.2, 0.25) is 5.88 Å². The van der Waals surface area contributed by atoms with Gasteiger partial charge < -0.3 is 9.64 Å². The van der Waals surface area contributed by atoms with Gasteiger partial charge in [-0.25, -0.2) is 9.67 Å². The zero-order valence-electron chi connectivity index (χ0n) is 14.0. The van der Waals surface area contributed by atoms with Crippen LogP contribution in [0.4, 0.5) is 0 Å². The predicted octanol–water partition coefficient (Wildman–Crippen LogP) is 3.32. The average Bonchev–Trinajstić information content (AvgIpc) is 3.35. The maximum atomic E-state index is 12.8. The van der Waals surface area contributed by atoms with Crippen molar-refractivity contribution in [2.24, 2.45) is 0 Å². The summed E-state index contributed by atoms with van der Waals surface area (Å²) in [7, 11) is 0. The van der Waals surface area contributed by atoms with Crippen molar-refractivity contribution >= 4 is 21.8 Å². The highest BCUT2D eigenvalue weighted by Crippen LogP contribution is 2.20. The number of hydrogen-bond acceptors (Lipinski definition) is 4. The van der Waals surface area contributed by atoms with E-state index in [9.17, 15) is 4.79 Å². The molecule has 7 heteroatoms. The number of ether oxygens (including phenoxy) is 1. The SMILES string of the molecule is O=C(c1cccc(-n2cccn2)c1)N1CCC(Oc2ccc(Br)cn2)C1. The quantitative estimate of drug-likeness (QED) is 0.659. The number of benzene rings is 1. The third kappa shape index (κ3) is 3.62. The fraction of sp³-hybridized carbons (Fsp3) is 0.211. The van der Waals surface area contributed by atoms with E-state index in [1.165, 1.54) is 0 Å². The number of nitrogens with zero attached hydrogens (tertiary/aromatic N) is 4. The molecule has 132 valence electrons. The molecule has 1 atom stereocenters. The first-order chi connectivity index (χ1) is 12.7. The van der Waals surface area contributed by atoms with E-state index in [4.69, 9.17) is 4.74 Å². The highest BCUT2D eigenvalue weighted by Gasteiger charge is 2.28. The molecule has 3 aromatic rings. The Kier molecular flexibility index (Phi) is 4.71. The molecule has 6 nitrogen and oxygen atoms in total. The summed E-state index contributed by atoms with van der Waals surface area (Å²) in [5.74, 6) is 0.585. The van der Waals surface area contributed by atoms with Gasteiger partial charge in [-0.1, -0.05) is 6.07 Å². The molecule has 1 aliphatic heterocycles. The molecule has 0 bridgehead atoms. The second kappa shape index (κ2) is 7.29. The van der Waals surface area contributed by atoms with Crippen LogP contribution in [0.1, 0.15) is 16.8 Å². The first kappa shape index (κ1) is 16.8. The van der Waals surface area contributed by atoms with Crippen LogP contribution in [0, 0.1) is 0 Å². The molecule has 4 rings (SSSR count). The van der Waals surface area contributed by atoms with Crippen LogP contribution in [0.15, 0.2) is 65.5 Å². The third-order valence-electron chi connectivity index (χ3n) is 4.28. The van der Waals surface area contributed by atoms with Crippen molar-refractivity contribution in [2.45, 2.75) is 12.5 Å². The Labute approximate surface area is 159 Å². The van der Waals surface area contributed by atoms with E-state index >= 15 is 0 Å². The van der Waals surface area contributed by atoms with E-state index in [1.807, 2.05) is 53.6 Å². The molecule has 0 radical (unpaired) electrons. The smallest absolute Gasteiger partial charge is 0.254 e. The lowest BCUT2D eigenvalue weighted by Crippen LogP contribution is -2.31. The molecule has 1 aliphatic rings. The molecule has 0 aliphatic carbocycles. The molecule has 2 aromatic heterocycles. The van der Waals surface area contributed by atoms with E-state index < -0.39 is 0 Å². The van der Waals surface area contributed by atoms with Crippen LogP contribution in [-0.4, -0.2) is 44.8 Å². The number of amides is 1. The molecular formula is C19H17BrN4O2. The summed E-state index contributed by atoms with van der Waals surface area (Å²) in [5.41, 5.74) is 1.52. The van der Waals surface area contributed by atoms with Gasteiger partial charge in [0.05, 0.1) is 12.2 Å². The van der Waals surface area contributed by atoms with E-state index in [-0.39, 0.29) is 12.0 Å². The highest BCUT2D eigenvalue weighted by atomic mass is 79.9. The van der Waals surface area contributed by atoms with Gasteiger partial charge in [0, 0.05) is 47.7 Å². The fourth-order valence-corrected chi connectivity index (χ4v) is 3.23. The summed E-state index contributed by atoms with van der Waals surface area (Å²) in [6.45, 7) is 1.23. The highest BCUT2D eigenvalue weighted by molar-refractivity contribution is 9.10. The van der Waals surface area contributed by atoms with Crippen molar-refractivity contribution < 1.29 is 9.53 Å². The maximum Gasteiger partial charge on any atom is 0.254 e. The van der Waals surface area contributed by atoms with Crippen LogP contribution in [0.5, 0.6) is 5.88 Å². The molecular weight excluding hydrogens is 396 g/mol. The molecule has 0 saturated carbocycles. The Bertz CT molecular complexity index is 896. The topological polar surface area (TPSA) is 60.2 Å². The van der Waals surface area contributed by atoms with Gasteiger partial charge in [0.1, 0.15) is 6.10 Å². The van der Waals surface area contributed by atoms with Gasteiger partial charge in [0.15, 0.2) is 0 Å². The third-order valence-corrected chi connectivity index (χ3v) is 4.75. The Morgan fingerprint density at radius 2 is 2.15 bits per heavy atom. The Morgan fingerprint density at radius 3 is 2.92 bits per heavy atom. The number of carbonyl (C=O) groups is 1. The van der Waals surface area contributed by atoms with Crippen LogP contribution >= 0.6 is 15.9 Å². The van der Waals surface area contributed by atoms with Crippen molar-refractivity contribution in [2.75, 3.05) is 13.1 Å². The number of carbonyl (C=O) groups excluding carboxylic acids is 1. The van der Waals surface area contributed by atoms with Crippen molar-refractivity contribution in [3.05, 3.63) is 71.1 Å². The van der Waals surface area contributed by atoms with Crippen LogP contribution < -0.4 is 4.74 Å². The summed E-state index contributed by atoms with van der Waals surface area (Å²) < 4.78 is 8.54. The molecule has 0 spiro atoms. The minimum Gasteiger partial charge on any atom is -0.472 e. The van der Waals surface area contributed by atoms with Gasteiger partial charge in [-0.2, -0.15) is 5.10 Å². The molecule has 3 heterocycles. The Hall–Kier alpha value is -2.67. The Balaban J connectivity index is 1.43. The first-order valence-corrected chi connectivity index (χ1v) is 9.16. The minimum absolute atomic E-state index is 0.00821. The van der Waals surface area contributed by atoms with Gasteiger partial charge in [0.25, 0.3) is 5.91 Å². The summed E-state index contributed by atoms with van der Waals surface area (Å²) in [6, 6.07) is 13.1. The second-order valence-corrected chi connectivity index (χ2v) is 7.01. The van der Waals surface area contributed by atoms with Crippen molar-refractivity contribution in [1.82, 2.24) is 19.7 Å². The van der Waals surface area contributed by atoms with Crippen molar-refractivity contribution in [3.8, 4) is 11.6 Å². The van der Waals surface area contributed by atoms with E-state index in [0.29, 0.717) is 24.5 Å². The summed E-state index contributed by atoms with van der Waals surface area (Å²) >= 11 is 3.36. The molecule has 1 amide bonds. The molecule has 26 heavy (non-hydrogen) atoms. The van der Waals surface area contributed by atoms with E-state index in [2.05, 4.69) is 26.0 Å². The predicted molar refractivity (Wildman–Crippen MR) is 100 cm³/mol. The largest absolute Gasteiger partial charge is 0.472 e. The zero-order valence-corrected chi connectivity index (χ0v) is 15.5. The monoisotopic (exact) mass is 412 g/mol. The van der Waals surface area contributed by atoms with Gasteiger partial charge in [-0.05, 0) is 46.3 Å². The van der Waals surface area contributed by atoms with E-state index in [1.54, 1.807) is 17.1 Å². The van der Waals surface area contributed by atoms with Crippen LogP contribution in [0.2, 0.25) is 0 Å². The van der Waals surface area contributed by atoms with Gasteiger partial charge in [-0.3, -0.25) is 4.79 Å². The molecule has 1 aromatic carbocycles. The van der Waals surface area contributed by atoms with Gasteiger partial charge >= 0.3 is 0 Å². The second-order valence-electron chi connectivity index (χ2n) is 6.10. The maximum absolute atomic E-state index is 12.8. The summed E-state index contributed by atoms with van der Waals surface area (Å²) in [6.07, 6.45) is 6.03. The molecule has 0 N–H and O–H groups in total. The van der Waals surface area contributed by atoms with Gasteiger partial charge in [-0.15, -0.1) is 0 Å². The Morgan fingerprint density at radius 1 is 1.23 bits per heavy atom. The van der Waals surface area contributed by atoms with Crippen molar-refractivity contribution in [1.29, 1.82) is 0 Å². The minimum atomic E-state index is -0.0399. The van der Waals surface area contributed by atoms with Crippen LogP contribution in [0.25, 0.3) is 5.69 Å². The number of rotatable bonds is 4. The fourth-order valence-electron chi connectivity index (χ4n) is 3.00.